The van der Waals surface area contributed by atoms with Gasteiger partial charge in [-0.1, -0.05) is 28.9 Å². The number of likely N-dealkylation sites (N-methyl/N-ethyl adjacent to an activating group) is 1. The number of benzene rings is 2. The maximum absolute atomic E-state index is 12.4. The molecule has 2 amide bonds. The van der Waals surface area contributed by atoms with Crippen molar-refractivity contribution in [3.05, 3.63) is 70.4 Å². The Balaban J connectivity index is 1.48. The van der Waals surface area contributed by atoms with Crippen LogP contribution in [0.15, 0.2) is 40.9 Å². The van der Waals surface area contributed by atoms with E-state index in [1.54, 1.807) is 11.9 Å². The number of carbonyl (C=O) groups is 1. The van der Waals surface area contributed by atoms with Crippen molar-refractivity contribution in [2.45, 2.75) is 40.7 Å². The number of hydrogen-bond donors (Lipinski definition) is 1. The molecule has 3 aromatic rings. The number of ether oxygens (including phenoxy) is 1. The fourth-order valence-electron chi connectivity index (χ4n) is 3.15. The first kappa shape index (κ1) is 21.4. The first-order valence-corrected chi connectivity index (χ1v) is 9.92. The topological polar surface area (TPSA) is 80.5 Å². The molecule has 0 saturated heterocycles. The predicted octanol–water partition coefficient (Wildman–Crippen LogP) is 4.59. The van der Waals surface area contributed by atoms with E-state index in [4.69, 9.17) is 9.26 Å². The van der Waals surface area contributed by atoms with Gasteiger partial charge in [0.05, 0.1) is 0 Å². The van der Waals surface area contributed by atoms with E-state index in [1.807, 2.05) is 58.0 Å². The summed E-state index contributed by atoms with van der Waals surface area (Å²) in [5.74, 6) is 1.72. The molecule has 3 rings (SSSR count). The van der Waals surface area contributed by atoms with E-state index in [1.165, 1.54) is 0 Å². The molecule has 30 heavy (non-hydrogen) atoms. The van der Waals surface area contributed by atoms with Crippen LogP contribution < -0.4 is 10.1 Å². The Hall–Kier alpha value is -3.35. The second-order valence-electron chi connectivity index (χ2n) is 7.64. The lowest BCUT2D eigenvalue weighted by Gasteiger charge is -2.18. The lowest BCUT2D eigenvalue weighted by atomic mass is 10.1. The van der Waals surface area contributed by atoms with Crippen LogP contribution >= 0.6 is 0 Å². The third kappa shape index (κ3) is 5.83. The van der Waals surface area contributed by atoms with Crippen molar-refractivity contribution in [3.63, 3.8) is 0 Å². The SMILES string of the molecule is Cc1cc(C)cc(OCc2nc(CCN(C)C(=O)Nc3ccc(C)cc3C)no2)c1. The molecule has 0 aliphatic carbocycles. The summed E-state index contributed by atoms with van der Waals surface area (Å²) in [6.45, 7) is 8.72. The van der Waals surface area contributed by atoms with Crippen LogP contribution in [0.2, 0.25) is 0 Å². The molecule has 0 aliphatic rings. The Morgan fingerprint density at radius 2 is 1.80 bits per heavy atom. The van der Waals surface area contributed by atoms with Crippen molar-refractivity contribution < 1.29 is 14.1 Å². The molecule has 1 heterocycles. The van der Waals surface area contributed by atoms with E-state index in [0.717, 1.165) is 33.7 Å². The summed E-state index contributed by atoms with van der Waals surface area (Å²) >= 11 is 0. The standard InChI is InChI=1S/C23H28N4O3/c1-15-6-7-20(18(4)11-15)24-23(28)27(5)9-8-21-25-22(30-26-21)14-29-19-12-16(2)10-17(3)13-19/h6-7,10-13H,8-9,14H2,1-5H3,(H,24,28). The summed E-state index contributed by atoms with van der Waals surface area (Å²) in [6.07, 6.45) is 0.490. The average Bonchev–Trinajstić information content (AvgIpc) is 3.14. The highest BCUT2D eigenvalue weighted by Gasteiger charge is 2.13. The van der Waals surface area contributed by atoms with Gasteiger partial charge in [0.1, 0.15) is 5.75 Å². The summed E-state index contributed by atoms with van der Waals surface area (Å²) in [7, 11) is 1.74. The highest BCUT2D eigenvalue weighted by Crippen LogP contribution is 2.18. The molecule has 0 unspecified atom stereocenters. The first-order valence-electron chi connectivity index (χ1n) is 9.92. The Bertz CT molecular complexity index is 1010. The number of nitrogens with one attached hydrogen (secondary N) is 1. The molecule has 158 valence electrons. The zero-order valence-electron chi connectivity index (χ0n) is 18.2. The zero-order valence-corrected chi connectivity index (χ0v) is 18.2. The van der Waals surface area contributed by atoms with E-state index in [9.17, 15) is 4.79 Å². The normalized spacial score (nSPS) is 10.7. The lowest BCUT2D eigenvalue weighted by Crippen LogP contribution is -2.33. The number of aromatic nitrogens is 2. The van der Waals surface area contributed by atoms with Crippen LogP contribution in [0.3, 0.4) is 0 Å². The van der Waals surface area contributed by atoms with Gasteiger partial charge in [-0.3, -0.25) is 0 Å². The second-order valence-corrected chi connectivity index (χ2v) is 7.64. The van der Waals surface area contributed by atoms with Crippen LogP contribution in [0.1, 0.15) is 34.0 Å². The number of nitrogens with zero attached hydrogens (tertiary/aromatic N) is 3. The minimum atomic E-state index is -0.177. The number of rotatable bonds is 7. The molecule has 1 N–H and O–H groups in total. The van der Waals surface area contributed by atoms with Crippen LogP contribution in [0, 0.1) is 27.7 Å². The van der Waals surface area contributed by atoms with Crippen LogP contribution in [0.5, 0.6) is 5.75 Å². The number of hydrogen-bond acceptors (Lipinski definition) is 5. The van der Waals surface area contributed by atoms with Crippen molar-refractivity contribution >= 4 is 11.7 Å². The molecule has 0 aliphatic heterocycles. The van der Waals surface area contributed by atoms with E-state index >= 15 is 0 Å². The van der Waals surface area contributed by atoms with Gasteiger partial charge in [0.25, 0.3) is 5.89 Å². The molecule has 7 nitrogen and oxygen atoms in total. The van der Waals surface area contributed by atoms with E-state index in [2.05, 4.69) is 21.5 Å². The molecule has 0 spiro atoms. The van der Waals surface area contributed by atoms with E-state index in [0.29, 0.717) is 24.7 Å². The summed E-state index contributed by atoms with van der Waals surface area (Å²) in [6, 6.07) is 11.8. The number of anilines is 1. The largest absolute Gasteiger partial charge is 0.484 e. The molecule has 7 heteroatoms. The smallest absolute Gasteiger partial charge is 0.321 e. The van der Waals surface area contributed by atoms with Gasteiger partial charge < -0.3 is 19.5 Å². The number of urea groups is 1. The summed E-state index contributed by atoms with van der Waals surface area (Å²) in [5.41, 5.74) is 5.27. The van der Waals surface area contributed by atoms with Gasteiger partial charge in [-0.25, -0.2) is 4.79 Å². The minimum absolute atomic E-state index is 0.177. The van der Waals surface area contributed by atoms with Crippen LogP contribution in [-0.2, 0) is 13.0 Å². The fraction of sp³-hybridized carbons (Fsp3) is 0.348. The van der Waals surface area contributed by atoms with Crippen molar-refractivity contribution in [2.75, 3.05) is 18.9 Å². The van der Waals surface area contributed by atoms with Gasteiger partial charge in [-0.15, -0.1) is 0 Å². The van der Waals surface area contributed by atoms with Crippen molar-refractivity contribution in [1.82, 2.24) is 15.0 Å². The Kier molecular flexibility index (Phi) is 6.72. The fourth-order valence-corrected chi connectivity index (χ4v) is 3.15. The minimum Gasteiger partial charge on any atom is -0.484 e. The van der Waals surface area contributed by atoms with Gasteiger partial charge in [0.2, 0.25) is 0 Å². The van der Waals surface area contributed by atoms with Crippen molar-refractivity contribution in [3.8, 4) is 5.75 Å². The Morgan fingerprint density at radius 3 is 2.50 bits per heavy atom. The average molecular weight is 409 g/mol. The monoisotopic (exact) mass is 408 g/mol. The third-order valence-corrected chi connectivity index (χ3v) is 4.71. The zero-order chi connectivity index (χ0) is 21.7. The Labute approximate surface area is 177 Å². The third-order valence-electron chi connectivity index (χ3n) is 4.71. The Morgan fingerprint density at radius 1 is 1.07 bits per heavy atom. The molecular weight excluding hydrogens is 380 g/mol. The quantitative estimate of drug-likeness (QED) is 0.618. The summed E-state index contributed by atoms with van der Waals surface area (Å²) in [5, 5.41) is 6.91. The van der Waals surface area contributed by atoms with Crippen molar-refractivity contribution in [1.29, 1.82) is 0 Å². The molecule has 0 radical (unpaired) electrons. The predicted molar refractivity (Wildman–Crippen MR) is 116 cm³/mol. The van der Waals surface area contributed by atoms with E-state index < -0.39 is 0 Å². The number of aryl methyl sites for hydroxylation is 4. The highest BCUT2D eigenvalue weighted by molar-refractivity contribution is 5.90. The van der Waals surface area contributed by atoms with Gasteiger partial charge in [0, 0.05) is 25.7 Å². The maximum atomic E-state index is 12.4. The molecule has 2 aromatic carbocycles. The molecule has 1 aromatic heterocycles. The van der Waals surface area contributed by atoms with Crippen LogP contribution in [0.25, 0.3) is 0 Å². The summed E-state index contributed by atoms with van der Waals surface area (Å²) in [4.78, 5) is 18.4. The van der Waals surface area contributed by atoms with Gasteiger partial charge in [-0.05, 0) is 62.6 Å². The number of amides is 2. The molecule has 0 atom stereocenters. The van der Waals surface area contributed by atoms with Gasteiger partial charge >= 0.3 is 6.03 Å². The molecule has 0 saturated carbocycles. The van der Waals surface area contributed by atoms with E-state index in [-0.39, 0.29) is 12.6 Å². The van der Waals surface area contributed by atoms with Gasteiger partial charge in [0.15, 0.2) is 12.4 Å². The lowest BCUT2D eigenvalue weighted by molar-refractivity contribution is 0.222. The van der Waals surface area contributed by atoms with Crippen LogP contribution in [-0.4, -0.2) is 34.7 Å². The number of carbonyl (C=O) groups excluding carboxylic acids is 1. The maximum Gasteiger partial charge on any atom is 0.321 e. The second kappa shape index (κ2) is 9.43. The first-order chi connectivity index (χ1) is 14.3. The van der Waals surface area contributed by atoms with Crippen LogP contribution in [0.4, 0.5) is 10.5 Å². The van der Waals surface area contributed by atoms with Gasteiger partial charge in [-0.2, -0.15) is 4.98 Å². The molecular formula is C23H28N4O3. The highest BCUT2D eigenvalue weighted by atomic mass is 16.5. The molecule has 0 bridgehead atoms. The van der Waals surface area contributed by atoms with Crippen molar-refractivity contribution in [2.24, 2.45) is 0 Å². The molecule has 0 fully saturated rings. The summed E-state index contributed by atoms with van der Waals surface area (Å²) < 4.78 is 11.0.